The predicted octanol–water partition coefficient (Wildman–Crippen LogP) is 5.06. The molecular weight excluding hydrogens is 386 g/mol. The van der Waals surface area contributed by atoms with E-state index in [2.05, 4.69) is 19.1 Å². The minimum Gasteiger partial charge on any atom is -0.477 e. The van der Waals surface area contributed by atoms with E-state index in [9.17, 15) is 9.59 Å². The van der Waals surface area contributed by atoms with Gasteiger partial charge in [-0.1, -0.05) is 44.4 Å². The molecule has 2 heterocycles. The summed E-state index contributed by atoms with van der Waals surface area (Å²) in [7, 11) is 0. The van der Waals surface area contributed by atoms with E-state index in [0.29, 0.717) is 18.1 Å². The summed E-state index contributed by atoms with van der Waals surface area (Å²) in [6.45, 7) is 2.91. The first-order valence-corrected chi connectivity index (χ1v) is 10.9. The van der Waals surface area contributed by atoms with Crippen LogP contribution >= 0.6 is 11.3 Å². The van der Waals surface area contributed by atoms with Crippen LogP contribution in [0.15, 0.2) is 48.6 Å². The van der Waals surface area contributed by atoms with Crippen molar-refractivity contribution in [3.63, 3.8) is 0 Å². The molecule has 1 aromatic carbocycles. The van der Waals surface area contributed by atoms with E-state index in [4.69, 9.17) is 9.84 Å². The maximum Gasteiger partial charge on any atom is 0.345 e. The molecule has 6 heteroatoms. The third kappa shape index (κ3) is 5.78. The lowest BCUT2D eigenvalue weighted by Gasteiger charge is -2.25. The molecule has 154 valence electrons. The van der Waals surface area contributed by atoms with Gasteiger partial charge in [0.2, 0.25) is 0 Å². The Balaban J connectivity index is 1.53. The number of nitrogens with zero attached hydrogens (tertiary/aromatic N) is 1. The number of aryl methyl sites for hydroxylation is 1. The molecule has 0 saturated heterocycles. The van der Waals surface area contributed by atoms with E-state index in [0.717, 1.165) is 17.0 Å². The van der Waals surface area contributed by atoms with Crippen LogP contribution in [0.3, 0.4) is 0 Å². The molecule has 3 rings (SSSR count). The zero-order chi connectivity index (χ0) is 20.6. The number of anilines is 1. The van der Waals surface area contributed by atoms with Gasteiger partial charge in [-0.3, -0.25) is 9.69 Å². The van der Waals surface area contributed by atoms with Crippen LogP contribution in [0.1, 0.15) is 52.7 Å². The van der Waals surface area contributed by atoms with Crippen molar-refractivity contribution in [3.05, 3.63) is 63.9 Å². The Labute approximate surface area is 175 Å². The number of rotatable bonds is 11. The largest absolute Gasteiger partial charge is 0.477 e. The summed E-state index contributed by atoms with van der Waals surface area (Å²) in [5.41, 5.74) is 2.17. The molecule has 0 spiro atoms. The zero-order valence-electron chi connectivity index (χ0n) is 16.7. The SMILES string of the molecule is CCCCCCc1ccc(N2C(=O)C=C[C@@H]2COCc2ccc(C(=O)O)s2)cc1. The lowest BCUT2D eigenvalue weighted by atomic mass is 10.1. The predicted molar refractivity (Wildman–Crippen MR) is 116 cm³/mol. The number of carboxylic acid groups (broad SMARTS) is 1. The minimum absolute atomic E-state index is 0.0430. The molecule has 1 aromatic heterocycles. The van der Waals surface area contributed by atoms with Crippen molar-refractivity contribution < 1.29 is 19.4 Å². The van der Waals surface area contributed by atoms with Gasteiger partial charge in [0.1, 0.15) is 4.88 Å². The standard InChI is InChI=1S/C23H27NO4S/c1-2-3-4-5-6-17-7-9-18(10-8-17)24-19(11-14-22(24)25)15-28-16-20-12-13-21(29-20)23(26)27/h7-14,19H,2-6,15-16H2,1H3,(H,26,27)/t19-/m1/s1. The fraction of sp³-hybridized carbons (Fsp3) is 0.391. The molecule has 0 bridgehead atoms. The van der Waals surface area contributed by atoms with Gasteiger partial charge in [0.25, 0.3) is 5.91 Å². The van der Waals surface area contributed by atoms with Crippen molar-refractivity contribution in [2.45, 2.75) is 51.7 Å². The van der Waals surface area contributed by atoms with Crippen LogP contribution in [0, 0.1) is 0 Å². The molecule has 0 fully saturated rings. The van der Waals surface area contributed by atoms with Crippen LogP contribution in [0.2, 0.25) is 0 Å². The fourth-order valence-electron chi connectivity index (χ4n) is 3.40. The van der Waals surface area contributed by atoms with Crippen LogP contribution in [-0.4, -0.2) is 29.6 Å². The second-order valence-corrected chi connectivity index (χ2v) is 8.37. The Bertz CT molecular complexity index is 856. The summed E-state index contributed by atoms with van der Waals surface area (Å²) < 4.78 is 5.77. The number of aromatic carboxylic acids is 1. The second-order valence-electron chi connectivity index (χ2n) is 7.20. The summed E-state index contributed by atoms with van der Waals surface area (Å²) in [4.78, 5) is 26.2. The average molecular weight is 414 g/mol. The Morgan fingerprint density at radius 1 is 1.14 bits per heavy atom. The number of ether oxygens (including phenoxy) is 1. The molecular formula is C23H27NO4S. The van der Waals surface area contributed by atoms with Gasteiger partial charge in [-0.2, -0.15) is 0 Å². The van der Waals surface area contributed by atoms with Gasteiger partial charge in [-0.15, -0.1) is 11.3 Å². The summed E-state index contributed by atoms with van der Waals surface area (Å²) in [6, 6.07) is 11.4. The lowest BCUT2D eigenvalue weighted by molar-refractivity contribution is -0.114. The molecule has 1 atom stereocenters. The van der Waals surface area contributed by atoms with Gasteiger partial charge in [0.05, 0.1) is 19.3 Å². The maximum absolute atomic E-state index is 12.3. The number of amides is 1. The van der Waals surface area contributed by atoms with E-state index in [1.54, 1.807) is 23.1 Å². The highest BCUT2D eigenvalue weighted by atomic mass is 32.1. The zero-order valence-corrected chi connectivity index (χ0v) is 17.5. The first-order chi connectivity index (χ1) is 14.1. The highest BCUT2D eigenvalue weighted by Gasteiger charge is 2.27. The number of thiophene rings is 1. The summed E-state index contributed by atoms with van der Waals surface area (Å²) in [5.74, 6) is -0.968. The Kier molecular flexibility index (Phi) is 7.61. The van der Waals surface area contributed by atoms with Crippen LogP contribution in [-0.2, 0) is 22.6 Å². The third-order valence-corrected chi connectivity index (χ3v) is 6.02. The van der Waals surface area contributed by atoms with E-state index >= 15 is 0 Å². The van der Waals surface area contributed by atoms with Gasteiger partial charge >= 0.3 is 5.97 Å². The van der Waals surface area contributed by atoms with Crippen molar-refractivity contribution in [3.8, 4) is 0 Å². The first-order valence-electron chi connectivity index (χ1n) is 10.1. The molecule has 0 unspecified atom stereocenters. The summed E-state index contributed by atoms with van der Waals surface area (Å²) in [5, 5.41) is 8.99. The number of carboxylic acids is 1. The van der Waals surface area contributed by atoms with Gasteiger partial charge < -0.3 is 9.84 Å². The number of hydrogen-bond donors (Lipinski definition) is 1. The van der Waals surface area contributed by atoms with Crippen LogP contribution < -0.4 is 4.90 Å². The quantitative estimate of drug-likeness (QED) is 0.523. The van der Waals surface area contributed by atoms with Crippen molar-refractivity contribution in [2.75, 3.05) is 11.5 Å². The maximum atomic E-state index is 12.3. The van der Waals surface area contributed by atoms with Crippen LogP contribution in [0.25, 0.3) is 0 Å². The molecule has 1 aliphatic heterocycles. The molecule has 1 amide bonds. The number of unbranched alkanes of at least 4 members (excludes halogenated alkanes) is 3. The number of benzene rings is 1. The molecule has 1 N–H and O–H groups in total. The molecule has 0 saturated carbocycles. The smallest absolute Gasteiger partial charge is 0.345 e. The highest BCUT2D eigenvalue weighted by Crippen LogP contribution is 2.24. The number of carbonyl (C=O) groups excluding carboxylic acids is 1. The normalized spacial score (nSPS) is 16.0. The first kappa shape index (κ1) is 21.3. The average Bonchev–Trinajstić information content (AvgIpc) is 3.33. The Morgan fingerprint density at radius 3 is 2.62 bits per heavy atom. The number of carbonyl (C=O) groups is 2. The highest BCUT2D eigenvalue weighted by molar-refractivity contribution is 7.13. The van der Waals surface area contributed by atoms with E-state index < -0.39 is 5.97 Å². The minimum atomic E-state index is -0.925. The van der Waals surface area contributed by atoms with Crippen LogP contribution in [0.4, 0.5) is 5.69 Å². The topological polar surface area (TPSA) is 66.8 Å². The van der Waals surface area contributed by atoms with Gasteiger partial charge in [0.15, 0.2) is 0 Å². The van der Waals surface area contributed by atoms with Gasteiger partial charge in [-0.25, -0.2) is 4.79 Å². The fourth-order valence-corrected chi connectivity index (χ4v) is 4.19. The third-order valence-electron chi connectivity index (χ3n) is 4.97. The summed E-state index contributed by atoms with van der Waals surface area (Å²) in [6.07, 6.45) is 9.47. The van der Waals surface area contributed by atoms with Crippen LogP contribution in [0.5, 0.6) is 0 Å². The van der Waals surface area contributed by atoms with Crippen molar-refractivity contribution in [1.29, 1.82) is 0 Å². The second kappa shape index (κ2) is 10.4. The van der Waals surface area contributed by atoms with E-state index in [-0.39, 0.29) is 11.9 Å². The van der Waals surface area contributed by atoms with Crippen molar-refractivity contribution in [1.82, 2.24) is 0 Å². The molecule has 5 nitrogen and oxygen atoms in total. The van der Waals surface area contributed by atoms with E-state index in [1.807, 2.05) is 18.2 Å². The lowest BCUT2D eigenvalue weighted by Crippen LogP contribution is -2.36. The molecule has 2 aromatic rings. The van der Waals surface area contributed by atoms with Gasteiger partial charge in [-0.05, 0) is 42.7 Å². The monoisotopic (exact) mass is 413 g/mol. The van der Waals surface area contributed by atoms with Crippen molar-refractivity contribution in [2.24, 2.45) is 0 Å². The van der Waals surface area contributed by atoms with Crippen molar-refractivity contribution >= 4 is 28.9 Å². The van der Waals surface area contributed by atoms with Gasteiger partial charge in [0, 0.05) is 16.6 Å². The molecule has 29 heavy (non-hydrogen) atoms. The molecule has 0 aliphatic carbocycles. The molecule has 1 aliphatic rings. The van der Waals surface area contributed by atoms with E-state index in [1.165, 1.54) is 42.6 Å². The number of hydrogen-bond acceptors (Lipinski definition) is 4. The Morgan fingerprint density at radius 2 is 1.93 bits per heavy atom. The summed E-state index contributed by atoms with van der Waals surface area (Å²) >= 11 is 1.21. The Hall–Kier alpha value is -2.44. The molecule has 0 radical (unpaired) electrons.